The van der Waals surface area contributed by atoms with Crippen LogP contribution in [0.15, 0.2) is 24.3 Å². The largest absolute Gasteiger partial charge is 0.446 e. The average molecular weight is 300 g/mol. The lowest BCUT2D eigenvalue weighted by Gasteiger charge is -2.27. The summed E-state index contributed by atoms with van der Waals surface area (Å²) in [5.74, 6) is -2.11. The molecule has 0 radical (unpaired) electrons. The van der Waals surface area contributed by atoms with Gasteiger partial charge in [-0.1, -0.05) is 26.0 Å². The van der Waals surface area contributed by atoms with Crippen molar-refractivity contribution in [2.75, 3.05) is 0 Å². The van der Waals surface area contributed by atoms with E-state index in [0.717, 1.165) is 4.90 Å². The Morgan fingerprint density at radius 3 is 2.05 bits per heavy atom. The number of carbonyl (C=O) groups is 3. The van der Waals surface area contributed by atoms with E-state index in [-0.39, 0.29) is 17.0 Å². The molecule has 2 amide bonds. The van der Waals surface area contributed by atoms with E-state index >= 15 is 0 Å². The van der Waals surface area contributed by atoms with Crippen molar-refractivity contribution in [1.82, 2.24) is 4.90 Å². The van der Waals surface area contributed by atoms with Crippen LogP contribution in [-0.2, 0) is 9.53 Å². The molecular formula is C16H16N2O4. The number of hydrogen-bond acceptors (Lipinski definition) is 5. The van der Waals surface area contributed by atoms with E-state index in [1.807, 2.05) is 0 Å². The smallest absolute Gasteiger partial charge is 0.330 e. The maximum atomic E-state index is 12.4. The van der Waals surface area contributed by atoms with Crippen molar-refractivity contribution in [2.45, 2.75) is 32.9 Å². The van der Waals surface area contributed by atoms with E-state index in [1.165, 1.54) is 6.92 Å². The summed E-state index contributed by atoms with van der Waals surface area (Å²) < 4.78 is 4.98. The van der Waals surface area contributed by atoms with Crippen molar-refractivity contribution in [3.05, 3.63) is 35.4 Å². The minimum atomic E-state index is -1.05. The van der Waals surface area contributed by atoms with E-state index in [2.05, 4.69) is 0 Å². The molecule has 2 rings (SSSR count). The predicted molar refractivity (Wildman–Crippen MR) is 76.7 cm³/mol. The molecule has 0 unspecified atom stereocenters. The Morgan fingerprint density at radius 2 is 1.64 bits per heavy atom. The minimum absolute atomic E-state index is 0.277. The molecule has 0 spiro atoms. The summed E-state index contributed by atoms with van der Waals surface area (Å²) in [6.07, 6.45) is -0.941. The highest BCUT2D eigenvalue weighted by Crippen LogP contribution is 2.27. The van der Waals surface area contributed by atoms with Crippen LogP contribution in [0.1, 0.15) is 41.5 Å². The molecule has 0 N–H and O–H groups in total. The highest BCUT2D eigenvalue weighted by atomic mass is 16.5. The minimum Gasteiger partial charge on any atom is -0.446 e. The van der Waals surface area contributed by atoms with Crippen LogP contribution in [0.25, 0.3) is 0 Å². The molecule has 0 saturated heterocycles. The third kappa shape index (κ3) is 2.58. The number of nitriles is 1. The van der Waals surface area contributed by atoms with E-state index in [1.54, 1.807) is 44.2 Å². The molecule has 0 saturated carbocycles. The van der Waals surface area contributed by atoms with Gasteiger partial charge in [0.1, 0.15) is 12.1 Å². The van der Waals surface area contributed by atoms with Gasteiger partial charge in [-0.2, -0.15) is 5.26 Å². The summed E-state index contributed by atoms with van der Waals surface area (Å²) in [6.45, 7) is 4.86. The first-order chi connectivity index (χ1) is 10.4. The number of amides is 2. The molecule has 114 valence electrons. The zero-order chi connectivity index (χ0) is 16.4. The van der Waals surface area contributed by atoms with Crippen molar-refractivity contribution in [3.63, 3.8) is 0 Å². The molecule has 1 heterocycles. The molecule has 0 aliphatic carbocycles. The van der Waals surface area contributed by atoms with E-state index < -0.39 is 29.9 Å². The van der Waals surface area contributed by atoms with Gasteiger partial charge in [0.2, 0.25) is 0 Å². The fraction of sp³-hybridized carbons (Fsp3) is 0.375. The molecular weight excluding hydrogens is 284 g/mol. The second-order valence-corrected chi connectivity index (χ2v) is 5.42. The first-order valence-corrected chi connectivity index (χ1v) is 6.95. The second kappa shape index (κ2) is 5.98. The Morgan fingerprint density at radius 1 is 1.14 bits per heavy atom. The summed E-state index contributed by atoms with van der Waals surface area (Å²) in [7, 11) is 0. The van der Waals surface area contributed by atoms with Crippen molar-refractivity contribution in [1.29, 1.82) is 5.26 Å². The van der Waals surface area contributed by atoms with Crippen molar-refractivity contribution in [3.8, 4) is 6.07 Å². The van der Waals surface area contributed by atoms with Gasteiger partial charge >= 0.3 is 5.97 Å². The van der Waals surface area contributed by atoms with E-state index in [9.17, 15) is 14.4 Å². The summed E-state index contributed by atoms with van der Waals surface area (Å²) >= 11 is 0. The second-order valence-electron chi connectivity index (χ2n) is 5.42. The van der Waals surface area contributed by atoms with Crippen LogP contribution < -0.4 is 0 Å². The van der Waals surface area contributed by atoms with Gasteiger partial charge in [0.05, 0.1) is 11.1 Å². The molecule has 2 atom stereocenters. The zero-order valence-electron chi connectivity index (χ0n) is 12.6. The Labute approximate surface area is 128 Å². The quantitative estimate of drug-likeness (QED) is 0.624. The predicted octanol–water partition coefficient (Wildman–Crippen LogP) is 1.76. The number of carbonyl (C=O) groups excluding carboxylic acids is 3. The van der Waals surface area contributed by atoms with Crippen molar-refractivity contribution < 1.29 is 19.1 Å². The molecule has 22 heavy (non-hydrogen) atoms. The number of rotatable bonds is 4. The molecule has 0 fully saturated rings. The number of imide groups is 1. The Kier molecular flexibility index (Phi) is 4.27. The van der Waals surface area contributed by atoms with Gasteiger partial charge in [0.15, 0.2) is 6.10 Å². The van der Waals surface area contributed by atoms with Crippen LogP contribution in [0, 0.1) is 17.2 Å². The normalized spacial score (nSPS) is 16.2. The SMILES string of the molecule is CC(C)[C@@H](C(=O)O[C@H](C)C#N)N1C(=O)c2ccccc2C1=O. The molecule has 1 aliphatic heterocycles. The molecule has 1 aromatic carbocycles. The third-order valence-corrected chi connectivity index (χ3v) is 3.45. The number of esters is 1. The van der Waals surface area contributed by atoms with Crippen LogP contribution in [0.2, 0.25) is 0 Å². The third-order valence-electron chi connectivity index (χ3n) is 3.45. The Balaban J connectivity index is 2.36. The van der Waals surface area contributed by atoms with Crippen LogP contribution in [0.5, 0.6) is 0 Å². The van der Waals surface area contributed by atoms with E-state index in [0.29, 0.717) is 0 Å². The Bertz CT molecular complexity index is 640. The van der Waals surface area contributed by atoms with Gasteiger partial charge in [-0.25, -0.2) is 4.79 Å². The maximum absolute atomic E-state index is 12.4. The molecule has 6 nitrogen and oxygen atoms in total. The lowest BCUT2D eigenvalue weighted by atomic mass is 10.0. The summed E-state index contributed by atoms with van der Waals surface area (Å²) in [5.41, 5.74) is 0.554. The van der Waals surface area contributed by atoms with Gasteiger partial charge in [-0.05, 0) is 25.0 Å². The number of nitrogens with zero attached hydrogens (tertiary/aromatic N) is 2. The lowest BCUT2D eigenvalue weighted by molar-refractivity contribution is -0.152. The zero-order valence-corrected chi connectivity index (χ0v) is 12.6. The van der Waals surface area contributed by atoms with Gasteiger partial charge < -0.3 is 4.74 Å². The van der Waals surface area contributed by atoms with Crippen molar-refractivity contribution >= 4 is 17.8 Å². The lowest BCUT2D eigenvalue weighted by Crippen LogP contribution is -2.49. The molecule has 1 aliphatic rings. The van der Waals surface area contributed by atoms with Crippen LogP contribution >= 0.6 is 0 Å². The number of hydrogen-bond donors (Lipinski definition) is 0. The highest BCUT2D eigenvalue weighted by Gasteiger charge is 2.44. The summed E-state index contributed by atoms with van der Waals surface area (Å²) in [4.78, 5) is 38.1. The average Bonchev–Trinajstić information content (AvgIpc) is 2.73. The summed E-state index contributed by atoms with van der Waals surface area (Å²) in [6, 6.07) is 7.16. The fourth-order valence-electron chi connectivity index (χ4n) is 2.41. The van der Waals surface area contributed by atoms with Gasteiger partial charge in [0, 0.05) is 0 Å². The first-order valence-electron chi connectivity index (χ1n) is 6.95. The van der Waals surface area contributed by atoms with Crippen molar-refractivity contribution in [2.24, 2.45) is 5.92 Å². The van der Waals surface area contributed by atoms with Gasteiger partial charge in [-0.15, -0.1) is 0 Å². The van der Waals surface area contributed by atoms with Crippen LogP contribution in [0.3, 0.4) is 0 Å². The maximum Gasteiger partial charge on any atom is 0.330 e. The number of ether oxygens (including phenoxy) is 1. The van der Waals surface area contributed by atoms with E-state index in [4.69, 9.17) is 10.00 Å². The fourth-order valence-corrected chi connectivity index (χ4v) is 2.41. The number of fused-ring (bicyclic) bond motifs is 1. The van der Waals surface area contributed by atoms with Crippen LogP contribution in [-0.4, -0.2) is 34.8 Å². The van der Waals surface area contributed by atoms with Gasteiger partial charge in [0.25, 0.3) is 11.8 Å². The van der Waals surface area contributed by atoms with Gasteiger partial charge in [-0.3, -0.25) is 14.5 Å². The standard InChI is InChI=1S/C16H16N2O4/c1-9(2)13(16(21)22-10(3)8-17)18-14(19)11-6-4-5-7-12(11)15(18)20/h4-7,9-10,13H,1-3H3/t10-,13+/m1/s1. The topological polar surface area (TPSA) is 87.5 Å². The molecule has 1 aromatic rings. The molecule has 0 bridgehead atoms. The number of benzene rings is 1. The molecule has 6 heteroatoms. The monoisotopic (exact) mass is 300 g/mol. The Hall–Kier alpha value is -2.68. The highest BCUT2D eigenvalue weighted by molar-refractivity contribution is 6.22. The van der Waals surface area contributed by atoms with Crippen LogP contribution in [0.4, 0.5) is 0 Å². The summed E-state index contributed by atoms with van der Waals surface area (Å²) in [5, 5.41) is 8.74. The molecule has 0 aromatic heterocycles. The first kappa shape index (κ1) is 15.7.